The zero-order valence-electron chi connectivity index (χ0n) is 13.5. The molecule has 24 heavy (non-hydrogen) atoms. The van der Waals surface area contributed by atoms with E-state index in [1.807, 2.05) is 38.1 Å². The Morgan fingerprint density at radius 2 is 1.62 bits per heavy atom. The highest BCUT2D eigenvalue weighted by molar-refractivity contribution is 5.74. The van der Waals surface area contributed by atoms with E-state index in [-0.39, 0.29) is 6.61 Å². The Morgan fingerprint density at radius 1 is 1.00 bits per heavy atom. The van der Waals surface area contributed by atoms with E-state index in [2.05, 4.69) is 9.97 Å². The van der Waals surface area contributed by atoms with Gasteiger partial charge in [0.05, 0.1) is 17.2 Å². The summed E-state index contributed by atoms with van der Waals surface area (Å²) in [7, 11) is 0. The molecule has 0 saturated heterocycles. The van der Waals surface area contributed by atoms with Gasteiger partial charge in [-0.2, -0.15) is 0 Å². The van der Waals surface area contributed by atoms with Gasteiger partial charge in [0, 0.05) is 0 Å². The molecule has 6 heteroatoms. The van der Waals surface area contributed by atoms with Crippen LogP contribution < -0.4 is 9.47 Å². The van der Waals surface area contributed by atoms with Crippen LogP contribution >= 0.6 is 0 Å². The first-order chi connectivity index (χ1) is 11.7. The van der Waals surface area contributed by atoms with Gasteiger partial charge < -0.3 is 14.6 Å². The molecule has 0 aliphatic heterocycles. The van der Waals surface area contributed by atoms with E-state index < -0.39 is 5.97 Å². The summed E-state index contributed by atoms with van der Waals surface area (Å²) in [6.07, 6.45) is 1.55. The molecule has 0 atom stereocenters. The number of carboxylic acids is 1. The summed E-state index contributed by atoms with van der Waals surface area (Å²) in [6, 6.07) is 14.1. The highest BCUT2D eigenvalue weighted by atomic mass is 16.5. The van der Waals surface area contributed by atoms with Crippen molar-refractivity contribution in [3.8, 4) is 17.4 Å². The highest BCUT2D eigenvalue weighted by Crippen LogP contribution is 2.23. The van der Waals surface area contributed by atoms with Crippen LogP contribution in [0.25, 0.3) is 11.0 Å². The average molecular weight is 326 g/mol. The number of nitrogens with zero attached hydrogens (tertiary/aromatic N) is 2. The van der Waals surface area contributed by atoms with Gasteiger partial charge >= 0.3 is 5.97 Å². The number of benzene rings is 2. The summed E-state index contributed by atoms with van der Waals surface area (Å²) in [5, 5.41) is 8.55. The number of aromatic nitrogens is 2. The lowest BCUT2D eigenvalue weighted by Crippen LogP contribution is -2.09. The molecule has 3 aromatic rings. The number of carboxylic acid groups (broad SMARTS) is 1. The third-order valence-electron chi connectivity index (χ3n) is 2.83. The molecule has 0 spiro atoms. The number of rotatable bonds is 5. The predicted octanol–water partition coefficient (Wildman–Crippen LogP) is 3.91. The smallest absolute Gasteiger partial charge is 0.341 e. The first-order valence-corrected chi connectivity index (χ1v) is 7.55. The molecular formula is C18H18N2O4. The molecule has 0 saturated carbocycles. The van der Waals surface area contributed by atoms with Gasteiger partial charge in [0.25, 0.3) is 0 Å². The SMILES string of the molecule is CC.O=C(O)COc1ccc(Oc2cnc3ccccc3n2)cc1. The van der Waals surface area contributed by atoms with Gasteiger partial charge in [0.2, 0.25) is 5.88 Å². The van der Waals surface area contributed by atoms with Crippen LogP contribution in [0.3, 0.4) is 0 Å². The lowest BCUT2D eigenvalue weighted by atomic mass is 10.3. The molecule has 1 aromatic heterocycles. The van der Waals surface area contributed by atoms with Crippen molar-refractivity contribution in [2.45, 2.75) is 13.8 Å². The highest BCUT2D eigenvalue weighted by Gasteiger charge is 2.03. The third-order valence-corrected chi connectivity index (χ3v) is 2.83. The predicted molar refractivity (Wildman–Crippen MR) is 90.5 cm³/mol. The molecule has 0 bridgehead atoms. The van der Waals surface area contributed by atoms with Crippen LogP contribution in [-0.2, 0) is 4.79 Å². The van der Waals surface area contributed by atoms with Crippen molar-refractivity contribution in [2.24, 2.45) is 0 Å². The maximum Gasteiger partial charge on any atom is 0.341 e. The van der Waals surface area contributed by atoms with Gasteiger partial charge in [-0.05, 0) is 36.4 Å². The summed E-state index contributed by atoms with van der Waals surface area (Å²) < 4.78 is 10.7. The van der Waals surface area contributed by atoms with Crippen molar-refractivity contribution >= 4 is 17.0 Å². The molecule has 1 N–H and O–H groups in total. The van der Waals surface area contributed by atoms with E-state index in [9.17, 15) is 4.79 Å². The maximum atomic E-state index is 10.4. The second-order valence-electron chi connectivity index (χ2n) is 4.45. The fraction of sp³-hybridized carbons (Fsp3) is 0.167. The fourth-order valence-corrected chi connectivity index (χ4v) is 1.86. The lowest BCUT2D eigenvalue weighted by Gasteiger charge is -2.07. The van der Waals surface area contributed by atoms with Crippen LogP contribution in [0.4, 0.5) is 0 Å². The van der Waals surface area contributed by atoms with Crippen LogP contribution in [-0.4, -0.2) is 27.7 Å². The Balaban J connectivity index is 0.00000100. The van der Waals surface area contributed by atoms with Crippen molar-refractivity contribution in [2.75, 3.05) is 6.61 Å². The summed E-state index contributed by atoms with van der Waals surface area (Å²) in [5.74, 6) is 0.385. The van der Waals surface area contributed by atoms with Crippen LogP contribution in [0.1, 0.15) is 13.8 Å². The van der Waals surface area contributed by atoms with Crippen molar-refractivity contribution in [1.82, 2.24) is 9.97 Å². The zero-order chi connectivity index (χ0) is 17.4. The molecular weight excluding hydrogens is 308 g/mol. The van der Waals surface area contributed by atoms with Crippen molar-refractivity contribution in [3.05, 3.63) is 54.7 Å². The number of ether oxygens (including phenoxy) is 2. The number of carbonyl (C=O) groups is 1. The molecule has 0 amide bonds. The zero-order valence-corrected chi connectivity index (χ0v) is 13.5. The molecule has 0 aliphatic rings. The normalized spacial score (nSPS) is 9.75. The van der Waals surface area contributed by atoms with E-state index in [0.29, 0.717) is 17.4 Å². The molecule has 124 valence electrons. The second-order valence-corrected chi connectivity index (χ2v) is 4.45. The monoisotopic (exact) mass is 326 g/mol. The minimum atomic E-state index is -1.02. The number of hydrogen-bond acceptors (Lipinski definition) is 5. The van der Waals surface area contributed by atoms with Crippen LogP contribution in [0.5, 0.6) is 17.4 Å². The third kappa shape index (κ3) is 4.67. The standard InChI is InChI=1S/C16H12N2O4.C2H6/c19-16(20)10-21-11-5-7-12(8-6-11)22-15-9-17-13-3-1-2-4-14(13)18-15;1-2/h1-9H,10H2,(H,19,20);1-2H3. The number of aliphatic carboxylic acids is 1. The quantitative estimate of drug-likeness (QED) is 0.765. The summed E-state index contributed by atoms with van der Waals surface area (Å²) in [6.45, 7) is 3.62. The molecule has 0 unspecified atom stereocenters. The van der Waals surface area contributed by atoms with Crippen LogP contribution in [0.15, 0.2) is 54.7 Å². The summed E-state index contributed by atoms with van der Waals surface area (Å²) in [4.78, 5) is 19.0. The van der Waals surface area contributed by atoms with E-state index in [4.69, 9.17) is 14.6 Å². The van der Waals surface area contributed by atoms with Gasteiger partial charge in [-0.3, -0.25) is 0 Å². The summed E-state index contributed by atoms with van der Waals surface area (Å²) in [5.41, 5.74) is 1.55. The van der Waals surface area contributed by atoms with Crippen molar-refractivity contribution in [3.63, 3.8) is 0 Å². The number of fused-ring (bicyclic) bond motifs is 1. The Labute approximate surface area is 139 Å². The van der Waals surface area contributed by atoms with Gasteiger partial charge in [0.1, 0.15) is 11.5 Å². The van der Waals surface area contributed by atoms with E-state index >= 15 is 0 Å². The van der Waals surface area contributed by atoms with Gasteiger partial charge in [-0.15, -0.1) is 0 Å². The van der Waals surface area contributed by atoms with Crippen LogP contribution in [0.2, 0.25) is 0 Å². The Morgan fingerprint density at radius 3 is 2.29 bits per heavy atom. The van der Waals surface area contributed by atoms with Crippen molar-refractivity contribution in [1.29, 1.82) is 0 Å². The lowest BCUT2D eigenvalue weighted by molar-refractivity contribution is -0.139. The first kappa shape index (κ1) is 17.2. The molecule has 1 heterocycles. The molecule has 3 rings (SSSR count). The second kappa shape index (κ2) is 8.47. The Bertz CT molecular complexity index is 803. The molecule has 2 aromatic carbocycles. The van der Waals surface area contributed by atoms with E-state index in [1.165, 1.54) is 0 Å². The molecule has 6 nitrogen and oxygen atoms in total. The van der Waals surface area contributed by atoms with Gasteiger partial charge in [0.15, 0.2) is 6.61 Å². The Hall–Kier alpha value is -3.15. The Kier molecular flexibility index (Phi) is 6.08. The van der Waals surface area contributed by atoms with Crippen molar-refractivity contribution < 1.29 is 19.4 Å². The topological polar surface area (TPSA) is 81.5 Å². The van der Waals surface area contributed by atoms with Crippen LogP contribution in [0, 0.1) is 0 Å². The van der Waals surface area contributed by atoms with E-state index in [0.717, 1.165) is 11.0 Å². The van der Waals surface area contributed by atoms with Gasteiger partial charge in [-0.25, -0.2) is 14.8 Å². The number of hydrogen-bond donors (Lipinski definition) is 1. The van der Waals surface area contributed by atoms with E-state index in [1.54, 1.807) is 30.5 Å². The molecule has 0 radical (unpaired) electrons. The average Bonchev–Trinajstić information content (AvgIpc) is 2.63. The first-order valence-electron chi connectivity index (χ1n) is 7.55. The molecule has 0 aliphatic carbocycles. The minimum absolute atomic E-state index is 0.379. The summed E-state index contributed by atoms with van der Waals surface area (Å²) >= 11 is 0. The number of para-hydroxylation sites is 2. The molecule has 0 fully saturated rings. The fourth-order valence-electron chi connectivity index (χ4n) is 1.86. The maximum absolute atomic E-state index is 10.4. The minimum Gasteiger partial charge on any atom is -0.482 e. The largest absolute Gasteiger partial charge is 0.482 e. The van der Waals surface area contributed by atoms with Gasteiger partial charge in [-0.1, -0.05) is 26.0 Å².